The second-order valence-corrected chi connectivity index (χ2v) is 8.23. The summed E-state index contributed by atoms with van der Waals surface area (Å²) in [7, 11) is 0. The first-order chi connectivity index (χ1) is 13.5. The summed E-state index contributed by atoms with van der Waals surface area (Å²) in [5.74, 6) is -1.23. The smallest absolute Gasteiger partial charge is 0.244 e. The predicted molar refractivity (Wildman–Crippen MR) is 102 cm³/mol. The molecule has 3 amide bonds. The van der Waals surface area contributed by atoms with Crippen LogP contribution in [-0.2, 0) is 14.4 Å². The molecule has 1 aromatic heterocycles. The minimum Gasteiger partial charge on any atom is -0.323 e. The fourth-order valence-electron chi connectivity index (χ4n) is 4.59. The van der Waals surface area contributed by atoms with E-state index in [1.165, 1.54) is 17.3 Å². The van der Waals surface area contributed by atoms with Crippen LogP contribution in [0.1, 0.15) is 6.42 Å². The summed E-state index contributed by atoms with van der Waals surface area (Å²) in [5, 5.41) is 6.88. The van der Waals surface area contributed by atoms with Gasteiger partial charge in [0.05, 0.1) is 23.2 Å². The second-order valence-electron chi connectivity index (χ2n) is 7.31. The number of imide groups is 1. The number of fused-ring (bicyclic) bond motifs is 5. The van der Waals surface area contributed by atoms with Crippen LogP contribution in [-0.4, -0.2) is 43.9 Å². The van der Waals surface area contributed by atoms with Crippen molar-refractivity contribution in [1.29, 1.82) is 0 Å². The molecule has 2 aromatic rings. The Kier molecular flexibility index (Phi) is 3.94. The van der Waals surface area contributed by atoms with Crippen molar-refractivity contribution in [2.24, 2.45) is 23.7 Å². The number of allylic oxidation sites excluding steroid dienone is 2. The van der Waals surface area contributed by atoms with Crippen molar-refractivity contribution < 1.29 is 14.4 Å². The van der Waals surface area contributed by atoms with Crippen molar-refractivity contribution >= 4 is 39.3 Å². The van der Waals surface area contributed by atoms with Crippen molar-refractivity contribution in [3.63, 3.8) is 0 Å². The van der Waals surface area contributed by atoms with E-state index in [2.05, 4.69) is 31.3 Å². The molecule has 3 aliphatic rings. The molecule has 1 aliphatic heterocycles. The third-order valence-corrected chi connectivity index (χ3v) is 6.25. The van der Waals surface area contributed by atoms with Crippen molar-refractivity contribution in [2.45, 2.75) is 6.42 Å². The molecule has 1 N–H and O–H groups in total. The first kappa shape index (κ1) is 17.3. The van der Waals surface area contributed by atoms with Gasteiger partial charge in [-0.05, 0) is 36.5 Å². The summed E-state index contributed by atoms with van der Waals surface area (Å²) in [5.41, 5.74) is 1.14. The number of nitrogens with zero attached hydrogens (tertiary/aromatic N) is 4. The van der Waals surface area contributed by atoms with Gasteiger partial charge in [0.1, 0.15) is 19.2 Å². The van der Waals surface area contributed by atoms with Crippen LogP contribution in [0.25, 0.3) is 5.69 Å². The van der Waals surface area contributed by atoms with Gasteiger partial charge in [-0.15, -0.1) is 0 Å². The number of hydrogen-bond acceptors (Lipinski definition) is 5. The van der Waals surface area contributed by atoms with Crippen molar-refractivity contribution in [2.75, 3.05) is 11.9 Å². The van der Waals surface area contributed by atoms with Crippen LogP contribution in [0.2, 0.25) is 0 Å². The molecule has 1 aromatic carbocycles. The Morgan fingerprint density at radius 1 is 1.18 bits per heavy atom. The fourth-order valence-corrected chi connectivity index (χ4v) is 4.96. The molecule has 1 saturated heterocycles. The first-order valence-corrected chi connectivity index (χ1v) is 9.80. The molecule has 2 aliphatic carbocycles. The number of halogens is 1. The number of likely N-dealkylation sites (tertiary alicyclic amines) is 1. The number of anilines is 1. The van der Waals surface area contributed by atoms with E-state index in [9.17, 15) is 14.4 Å². The van der Waals surface area contributed by atoms with E-state index in [1.807, 2.05) is 18.2 Å². The number of carbonyl (C=O) groups excluding carboxylic acids is 3. The van der Waals surface area contributed by atoms with E-state index in [4.69, 9.17) is 0 Å². The van der Waals surface area contributed by atoms with E-state index in [-0.39, 0.29) is 42.0 Å². The summed E-state index contributed by atoms with van der Waals surface area (Å²) in [4.78, 5) is 43.2. The van der Waals surface area contributed by atoms with E-state index < -0.39 is 5.91 Å². The maximum absolute atomic E-state index is 12.7. The highest BCUT2D eigenvalue weighted by atomic mass is 79.9. The zero-order valence-corrected chi connectivity index (χ0v) is 16.2. The largest absolute Gasteiger partial charge is 0.323 e. The molecule has 28 heavy (non-hydrogen) atoms. The van der Waals surface area contributed by atoms with Gasteiger partial charge in [-0.3, -0.25) is 19.3 Å². The normalized spacial score (nSPS) is 27.5. The maximum atomic E-state index is 12.7. The zero-order valence-electron chi connectivity index (χ0n) is 14.7. The lowest BCUT2D eigenvalue weighted by Crippen LogP contribution is -2.39. The third kappa shape index (κ3) is 2.61. The lowest BCUT2D eigenvalue weighted by atomic mass is 9.85. The molecule has 9 heteroatoms. The van der Waals surface area contributed by atoms with E-state index >= 15 is 0 Å². The van der Waals surface area contributed by atoms with Gasteiger partial charge in [0.15, 0.2) is 0 Å². The number of rotatable bonds is 4. The van der Waals surface area contributed by atoms with Gasteiger partial charge in [-0.1, -0.05) is 28.1 Å². The molecule has 4 atom stereocenters. The summed E-state index contributed by atoms with van der Waals surface area (Å²) < 4.78 is 2.30. The number of amides is 3. The predicted octanol–water partition coefficient (Wildman–Crippen LogP) is 1.78. The molecular formula is C19H16BrN5O3. The molecule has 2 bridgehead atoms. The molecular weight excluding hydrogens is 426 g/mol. The number of carbonyl (C=O) groups is 3. The number of nitrogens with one attached hydrogen (secondary N) is 1. The summed E-state index contributed by atoms with van der Waals surface area (Å²) in [6.45, 7) is -0.284. The molecule has 2 heterocycles. The Bertz CT molecular complexity index is 989. The van der Waals surface area contributed by atoms with Gasteiger partial charge in [-0.2, -0.15) is 5.10 Å². The highest BCUT2D eigenvalue weighted by molar-refractivity contribution is 9.10. The van der Waals surface area contributed by atoms with Gasteiger partial charge in [0.2, 0.25) is 17.7 Å². The molecule has 2 fully saturated rings. The average molecular weight is 442 g/mol. The molecule has 1 saturated carbocycles. The van der Waals surface area contributed by atoms with Crippen LogP contribution in [0.5, 0.6) is 0 Å². The SMILES string of the molecule is O=C(CN1C(=O)C2C3C=CC(C3)C2C1=O)Nc1cc(Br)ccc1-n1cncn1. The topological polar surface area (TPSA) is 97.2 Å². The molecule has 5 rings (SSSR count). The second kappa shape index (κ2) is 6.37. The maximum Gasteiger partial charge on any atom is 0.244 e. The van der Waals surface area contributed by atoms with Crippen molar-refractivity contribution in [1.82, 2.24) is 19.7 Å². The molecule has 4 unspecified atom stereocenters. The number of aromatic nitrogens is 3. The van der Waals surface area contributed by atoms with Gasteiger partial charge < -0.3 is 5.32 Å². The lowest BCUT2D eigenvalue weighted by Gasteiger charge is -2.17. The minimum atomic E-state index is -0.429. The summed E-state index contributed by atoms with van der Waals surface area (Å²) in [6, 6.07) is 5.35. The van der Waals surface area contributed by atoms with Crippen LogP contribution in [0.3, 0.4) is 0 Å². The average Bonchev–Trinajstić information content (AvgIpc) is 3.44. The Balaban J connectivity index is 1.35. The quantitative estimate of drug-likeness (QED) is 0.575. The Morgan fingerprint density at radius 3 is 2.54 bits per heavy atom. The molecule has 0 radical (unpaired) electrons. The first-order valence-electron chi connectivity index (χ1n) is 9.01. The highest BCUT2D eigenvalue weighted by Crippen LogP contribution is 2.52. The Morgan fingerprint density at radius 2 is 1.89 bits per heavy atom. The van der Waals surface area contributed by atoms with Gasteiger partial charge in [0.25, 0.3) is 0 Å². The van der Waals surface area contributed by atoms with E-state index in [0.29, 0.717) is 11.4 Å². The van der Waals surface area contributed by atoms with Crippen LogP contribution in [0.15, 0.2) is 47.5 Å². The van der Waals surface area contributed by atoms with Crippen molar-refractivity contribution in [3.8, 4) is 5.69 Å². The molecule has 8 nitrogen and oxygen atoms in total. The van der Waals surface area contributed by atoms with E-state index in [0.717, 1.165) is 15.8 Å². The van der Waals surface area contributed by atoms with Gasteiger partial charge >= 0.3 is 0 Å². The van der Waals surface area contributed by atoms with Crippen LogP contribution in [0.4, 0.5) is 5.69 Å². The van der Waals surface area contributed by atoms with Crippen LogP contribution in [0, 0.1) is 23.7 Å². The van der Waals surface area contributed by atoms with E-state index in [1.54, 1.807) is 12.1 Å². The van der Waals surface area contributed by atoms with Crippen molar-refractivity contribution in [3.05, 3.63) is 47.5 Å². The minimum absolute atomic E-state index is 0.128. The Hall–Kier alpha value is -2.81. The standard InChI is InChI=1S/C19H16BrN5O3/c20-12-3-4-14(25-9-21-8-22-25)13(6-12)23-15(26)7-24-18(27)16-10-1-2-11(5-10)17(16)19(24)28/h1-4,6,8-11,16-17H,5,7H2,(H,23,26). The number of benzene rings is 1. The Labute approximate surface area is 168 Å². The van der Waals surface area contributed by atoms with Gasteiger partial charge in [-0.25, -0.2) is 9.67 Å². The number of hydrogen-bond donors (Lipinski definition) is 1. The molecule has 0 spiro atoms. The zero-order chi connectivity index (χ0) is 19.4. The van der Waals surface area contributed by atoms with Gasteiger partial charge in [0, 0.05) is 4.47 Å². The summed E-state index contributed by atoms with van der Waals surface area (Å²) in [6.07, 6.45) is 7.86. The van der Waals surface area contributed by atoms with Crippen LogP contribution < -0.4 is 5.32 Å². The lowest BCUT2D eigenvalue weighted by molar-refractivity contribution is -0.143. The van der Waals surface area contributed by atoms with Crippen LogP contribution >= 0.6 is 15.9 Å². The third-order valence-electron chi connectivity index (χ3n) is 5.76. The fraction of sp³-hybridized carbons (Fsp3) is 0.316. The highest BCUT2D eigenvalue weighted by Gasteiger charge is 2.59. The summed E-state index contributed by atoms with van der Waals surface area (Å²) >= 11 is 3.39. The monoisotopic (exact) mass is 441 g/mol. The molecule has 142 valence electrons.